The molecule has 3 aromatic carbocycles. The monoisotopic (exact) mass is 409 g/mol. The summed E-state index contributed by atoms with van der Waals surface area (Å²) in [6.07, 6.45) is 0. The minimum Gasteiger partial charge on any atom is -0.491 e. The molecule has 0 spiro atoms. The van der Waals surface area contributed by atoms with Gasteiger partial charge in [-0.3, -0.25) is 4.79 Å². The Hall–Kier alpha value is -2.98. The van der Waals surface area contributed by atoms with Crippen molar-refractivity contribution in [3.8, 4) is 11.5 Å². The molecule has 4 nitrogen and oxygen atoms in total. The fourth-order valence-electron chi connectivity index (χ4n) is 2.74. The normalized spacial score (nSPS) is 11.6. The summed E-state index contributed by atoms with van der Waals surface area (Å²) in [6, 6.07) is 22.4. The van der Waals surface area contributed by atoms with Crippen LogP contribution in [-0.2, 0) is 6.61 Å². The zero-order valence-electron chi connectivity index (χ0n) is 16.5. The number of carbonyl (C=O) groups excluding carboxylic acids is 1. The van der Waals surface area contributed by atoms with Crippen LogP contribution in [-0.4, -0.2) is 18.6 Å². The van der Waals surface area contributed by atoms with Gasteiger partial charge >= 0.3 is 0 Å². The average molecular weight is 410 g/mol. The minimum absolute atomic E-state index is 0.190. The van der Waals surface area contributed by atoms with Crippen molar-refractivity contribution in [1.82, 2.24) is 5.32 Å². The lowest BCUT2D eigenvalue weighted by molar-refractivity contribution is 0.0922. The number of nitrogens with one attached hydrogen (secondary N) is 1. The van der Waals surface area contributed by atoms with Gasteiger partial charge in [0.25, 0.3) is 5.91 Å². The van der Waals surface area contributed by atoms with Crippen molar-refractivity contribution in [1.29, 1.82) is 0 Å². The summed E-state index contributed by atoms with van der Waals surface area (Å²) >= 11 is 6.11. The standard InChI is InChI=1S/C24H24ClNO3/c1-17-8-11-21(12-9-17)28-15-18(2)26-24(27)22-14-20(25)10-13-23(22)29-16-19-6-4-3-5-7-19/h3-14,18H,15-16H2,1-2H3,(H,26,27)/t18-/m0/s1. The summed E-state index contributed by atoms with van der Waals surface area (Å²) < 4.78 is 11.6. The first-order chi connectivity index (χ1) is 14.0. The highest BCUT2D eigenvalue weighted by Crippen LogP contribution is 2.24. The Morgan fingerprint density at radius 1 is 1.00 bits per heavy atom. The minimum atomic E-state index is -0.254. The molecule has 0 saturated heterocycles. The molecule has 0 saturated carbocycles. The van der Waals surface area contributed by atoms with Crippen LogP contribution >= 0.6 is 11.6 Å². The van der Waals surface area contributed by atoms with Crippen LogP contribution in [0.5, 0.6) is 11.5 Å². The second-order valence-corrected chi connectivity index (χ2v) is 7.35. The number of hydrogen-bond donors (Lipinski definition) is 1. The summed E-state index contributed by atoms with van der Waals surface area (Å²) in [6.45, 7) is 4.64. The number of hydrogen-bond acceptors (Lipinski definition) is 3. The lowest BCUT2D eigenvalue weighted by Crippen LogP contribution is -2.37. The third-order valence-electron chi connectivity index (χ3n) is 4.32. The number of ether oxygens (including phenoxy) is 2. The molecular weight excluding hydrogens is 386 g/mol. The molecule has 0 radical (unpaired) electrons. The van der Waals surface area contributed by atoms with Crippen molar-refractivity contribution < 1.29 is 14.3 Å². The first kappa shape index (κ1) is 20.7. The van der Waals surface area contributed by atoms with Crippen molar-refractivity contribution in [2.24, 2.45) is 0 Å². The Morgan fingerprint density at radius 2 is 1.72 bits per heavy atom. The van der Waals surface area contributed by atoms with Gasteiger partial charge in [-0.15, -0.1) is 0 Å². The fraction of sp³-hybridized carbons (Fsp3) is 0.208. The number of aryl methyl sites for hydroxylation is 1. The van der Waals surface area contributed by atoms with Crippen molar-refractivity contribution >= 4 is 17.5 Å². The Bertz CT molecular complexity index is 942. The second-order valence-electron chi connectivity index (χ2n) is 6.91. The molecule has 0 bridgehead atoms. The van der Waals surface area contributed by atoms with Gasteiger partial charge in [0, 0.05) is 5.02 Å². The van der Waals surface area contributed by atoms with E-state index in [1.807, 2.05) is 68.4 Å². The van der Waals surface area contributed by atoms with Crippen LogP contribution in [0.25, 0.3) is 0 Å². The molecule has 3 aromatic rings. The Morgan fingerprint density at radius 3 is 2.45 bits per heavy atom. The van der Waals surface area contributed by atoms with E-state index < -0.39 is 0 Å². The van der Waals surface area contributed by atoms with Gasteiger partial charge in [0.15, 0.2) is 0 Å². The Kier molecular flexibility index (Phi) is 7.14. The fourth-order valence-corrected chi connectivity index (χ4v) is 2.91. The Labute approximate surface area is 176 Å². The maximum atomic E-state index is 12.8. The van der Waals surface area contributed by atoms with E-state index in [1.54, 1.807) is 18.2 Å². The molecule has 0 aliphatic carbocycles. The highest BCUT2D eigenvalue weighted by Gasteiger charge is 2.16. The van der Waals surface area contributed by atoms with Crippen molar-refractivity contribution in [2.45, 2.75) is 26.5 Å². The topological polar surface area (TPSA) is 47.6 Å². The van der Waals surface area contributed by atoms with E-state index in [2.05, 4.69) is 5.32 Å². The maximum absolute atomic E-state index is 12.8. The van der Waals surface area contributed by atoms with Gasteiger partial charge in [-0.05, 0) is 49.7 Å². The van der Waals surface area contributed by atoms with Crippen molar-refractivity contribution in [3.63, 3.8) is 0 Å². The van der Waals surface area contributed by atoms with E-state index in [0.717, 1.165) is 11.3 Å². The molecule has 3 rings (SSSR count). The predicted octanol–water partition coefficient (Wildman–Crippen LogP) is 5.42. The van der Waals surface area contributed by atoms with Gasteiger partial charge in [0.05, 0.1) is 11.6 Å². The summed E-state index contributed by atoms with van der Waals surface area (Å²) in [4.78, 5) is 12.8. The first-order valence-electron chi connectivity index (χ1n) is 9.48. The molecule has 0 heterocycles. The van der Waals surface area contributed by atoms with E-state index in [1.165, 1.54) is 5.56 Å². The molecule has 1 N–H and O–H groups in total. The lowest BCUT2D eigenvalue weighted by Gasteiger charge is -2.17. The summed E-state index contributed by atoms with van der Waals surface area (Å²) in [5.41, 5.74) is 2.59. The van der Waals surface area contributed by atoms with Crippen molar-refractivity contribution in [3.05, 3.63) is 94.5 Å². The van der Waals surface area contributed by atoms with E-state index >= 15 is 0 Å². The summed E-state index contributed by atoms with van der Waals surface area (Å²) in [5, 5.41) is 3.42. The highest BCUT2D eigenvalue weighted by molar-refractivity contribution is 6.31. The number of carbonyl (C=O) groups is 1. The quantitative estimate of drug-likeness (QED) is 0.540. The number of amides is 1. The van der Waals surface area contributed by atoms with Gasteiger partial charge in [-0.1, -0.05) is 59.6 Å². The molecule has 1 amide bonds. The van der Waals surface area contributed by atoms with E-state index in [0.29, 0.717) is 29.5 Å². The number of rotatable bonds is 8. The average Bonchev–Trinajstić information content (AvgIpc) is 2.73. The molecule has 29 heavy (non-hydrogen) atoms. The van der Waals surface area contributed by atoms with Gasteiger partial charge < -0.3 is 14.8 Å². The second kappa shape index (κ2) is 9.99. The maximum Gasteiger partial charge on any atom is 0.255 e. The molecule has 0 aromatic heterocycles. The third kappa shape index (κ3) is 6.26. The Balaban J connectivity index is 1.61. The van der Waals surface area contributed by atoms with Gasteiger partial charge in [0.2, 0.25) is 0 Å². The summed E-state index contributed by atoms with van der Waals surface area (Å²) in [7, 11) is 0. The van der Waals surface area contributed by atoms with Crippen LogP contribution in [0, 0.1) is 6.92 Å². The van der Waals surface area contributed by atoms with Crippen LogP contribution in [0.3, 0.4) is 0 Å². The zero-order chi connectivity index (χ0) is 20.6. The van der Waals surface area contributed by atoms with Crippen LogP contribution in [0.2, 0.25) is 5.02 Å². The zero-order valence-corrected chi connectivity index (χ0v) is 17.3. The molecule has 0 aliphatic rings. The SMILES string of the molecule is Cc1ccc(OC[C@H](C)NC(=O)c2cc(Cl)ccc2OCc2ccccc2)cc1. The van der Waals surface area contributed by atoms with E-state index in [9.17, 15) is 4.79 Å². The number of benzene rings is 3. The molecular formula is C24H24ClNO3. The molecule has 1 atom stereocenters. The van der Waals surface area contributed by atoms with Gasteiger partial charge in [0.1, 0.15) is 24.7 Å². The van der Waals surface area contributed by atoms with Crippen LogP contribution in [0.15, 0.2) is 72.8 Å². The van der Waals surface area contributed by atoms with Crippen molar-refractivity contribution in [2.75, 3.05) is 6.61 Å². The highest BCUT2D eigenvalue weighted by atomic mass is 35.5. The molecule has 0 fully saturated rings. The van der Waals surface area contributed by atoms with Gasteiger partial charge in [-0.25, -0.2) is 0 Å². The third-order valence-corrected chi connectivity index (χ3v) is 4.56. The van der Waals surface area contributed by atoms with Gasteiger partial charge in [-0.2, -0.15) is 0 Å². The largest absolute Gasteiger partial charge is 0.491 e. The van der Waals surface area contributed by atoms with E-state index in [-0.39, 0.29) is 11.9 Å². The smallest absolute Gasteiger partial charge is 0.255 e. The van der Waals surface area contributed by atoms with Crippen LogP contribution < -0.4 is 14.8 Å². The lowest BCUT2D eigenvalue weighted by atomic mass is 10.1. The first-order valence-corrected chi connectivity index (χ1v) is 9.85. The molecule has 150 valence electrons. The predicted molar refractivity (Wildman–Crippen MR) is 116 cm³/mol. The molecule has 0 aliphatic heterocycles. The molecule has 5 heteroatoms. The van der Waals surface area contributed by atoms with Crippen LogP contribution in [0.1, 0.15) is 28.4 Å². The number of halogens is 1. The summed E-state index contributed by atoms with van der Waals surface area (Å²) in [5.74, 6) is 1.00. The van der Waals surface area contributed by atoms with E-state index in [4.69, 9.17) is 21.1 Å². The molecule has 0 unspecified atom stereocenters. The van der Waals surface area contributed by atoms with Crippen LogP contribution in [0.4, 0.5) is 0 Å².